The zero-order valence-corrected chi connectivity index (χ0v) is 17.6. The molecule has 4 rings (SSSR count). The number of amides is 4. The van der Waals surface area contributed by atoms with Crippen LogP contribution in [0.4, 0.5) is 0 Å². The van der Waals surface area contributed by atoms with E-state index in [1.54, 1.807) is 41.0 Å². The Kier molecular flexibility index (Phi) is 5.60. The van der Waals surface area contributed by atoms with E-state index in [4.69, 9.17) is 10.5 Å². The Labute approximate surface area is 180 Å². The van der Waals surface area contributed by atoms with Crippen molar-refractivity contribution in [1.82, 2.24) is 15.1 Å². The summed E-state index contributed by atoms with van der Waals surface area (Å²) in [5.74, 6) is -0.811. The van der Waals surface area contributed by atoms with Crippen LogP contribution < -0.4 is 15.8 Å². The number of piperidine rings is 1. The Morgan fingerprint density at radius 3 is 2.77 bits per heavy atom. The Hall–Kier alpha value is -3.10. The number of hydrogen-bond donors (Lipinski definition) is 2. The SMILES string of the molecule is C[C@H](C(=O)N1CCC[C@@H](C(N)=O)C1)N1CC[C@]2(CCC1=O)NC(=O)c1ccccc1O2. The zero-order chi connectivity index (χ0) is 22.2. The van der Waals surface area contributed by atoms with Gasteiger partial charge in [0, 0.05) is 38.9 Å². The van der Waals surface area contributed by atoms with Gasteiger partial charge in [0.1, 0.15) is 11.8 Å². The van der Waals surface area contributed by atoms with E-state index < -0.39 is 17.7 Å². The summed E-state index contributed by atoms with van der Waals surface area (Å²) in [5, 5.41) is 2.93. The molecule has 3 atom stereocenters. The van der Waals surface area contributed by atoms with Crippen LogP contribution in [0.3, 0.4) is 0 Å². The molecule has 2 fully saturated rings. The number of rotatable bonds is 3. The monoisotopic (exact) mass is 428 g/mol. The van der Waals surface area contributed by atoms with Crippen molar-refractivity contribution in [2.45, 2.75) is 50.8 Å². The molecule has 3 heterocycles. The van der Waals surface area contributed by atoms with Gasteiger partial charge in [-0.05, 0) is 31.9 Å². The Balaban J connectivity index is 1.46. The van der Waals surface area contributed by atoms with Crippen LogP contribution >= 0.6 is 0 Å². The van der Waals surface area contributed by atoms with Gasteiger partial charge in [0.15, 0.2) is 5.72 Å². The molecule has 1 aromatic rings. The maximum Gasteiger partial charge on any atom is 0.258 e. The van der Waals surface area contributed by atoms with E-state index in [9.17, 15) is 19.2 Å². The van der Waals surface area contributed by atoms with Crippen LogP contribution in [0.25, 0.3) is 0 Å². The Bertz CT molecular complexity index is 919. The average Bonchev–Trinajstić information content (AvgIpc) is 2.92. The first-order valence-corrected chi connectivity index (χ1v) is 10.8. The van der Waals surface area contributed by atoms with Crippen LogP contribution in [-0.2, 0) is 14.4 Å². The normalized spacial score (nSPS) is 27.1. The third kappa shape index (κ3) is 4.08. The van der Waals surface area contributed by atoms with Gasteiger partial charge in [-0.15, -0.1) is 0 Å². The minimum atomic E-state index is -0.971. The zero-order valence-electron chi connectivity index (χ0n) is 17.6. The van der Waals surface area contributed by atoms with E-state index in [0.29, 0.717) is 50.1 Å². The Morgan fingerprint density at radius 1 is 1.23 bits per heavy atom. The van der Waals surface area contributed by atoms with Crippen molar-refractivity contribution in [1.29, 1.82) is 0 Å². The average molecular weight is 428 g/mol. The predicted octanol–water partition coefficient (Wildman–Crippen LogP) is 0.630. The molecule has 3 aliphatic rings. The van der Waals surface area contributed by atoms with Crippen LogP contribution in [0.15, 0.2) is 24.3 Å². The highest BCUT2D eigenvalue weighted by Crippen LogP contribution is 2.34. The molecule has 0 bridgehead atoms. The molecule has 0 saturated carbocycles. The number of nitrogens with zero attached hydrogens (tertiary/aromatic N) is 2. The maximum atomic E-state index is 13.1. The van der Waals surface area contributed by atoms with Crippen molar-refractivity contribution in [3.05, 3.63) is 29.8 Å². The summed E-state index contributed by atoms with van der Waals surface area (Å²) in [6.45, 7) is 2.83. The lowest BCUT2D eigenvalue weighted by Crippen LogP contribution is -2.57. The van der Waals surface area contributed by atoms with Crippen molar-refractivity contribution in [3.8, 4) is 5.75 Å². The third-order valence-electron chi connectivity index (χ3n) is 6.56. The van der Waals surface area contributed by atoms with Gasteiger partial charge in [-0.25, -0.2) is 0 Å². The van der Waals surface area contributed by atoms with E-state index in [-0.39, 0.29) is 36.6 Å². The van der Waals surface area contributed by atoms with Gasteiger partial charge >= 0.3 is 0 Å². The van der Waals surface area contributed by atoms with Crippen LogP contribution in [0.5, 0.6) is 5.75 Å². The van der Waals surface area contributed by atoms with Gasteiger partial charge in [0.25, 0.3) is 5.91 Å². The molecule has 0 radical (unpaired) electrons. The number of nitrogens with two attached hydrogens (primary N) is 1. The topological polar surface area (TPSA) is 122 Å². The minimum absolute atomic E-state index is 0.155. The first-order valence-electron chi connectivity index (χ1n) is 10.8. The Morgan fingerprint density at radius 2 is 2.00 bits per heavy atom. The molecule has 4 amide bonds. The van der Waals surface area contributed by atoms with E-state index >= 15 is 0 Å². The summed E-state index contributed by atoms with van der Waals surface area (Å²) in [6.07, 6.45) is 2.25. The smallest absolute Gasteiger partial charge is 0.258 e. The van der Waals surface area contributed by atoms with Gasteiger partial charge in [-0.1, -0.05) is 12.1 Å². The van der Waals surface area contributed by atoms with Gasteiger partial charge in [0.2, 0.25) is 17.7 Å². The van der Waals surface area contributed by atoms with Crippen LogP contribution in [0.1, 0.15) is 49.4 Å². The van der Waals surface area contributed by atoms with Gasteiger partial charge in [-0.2, -0.15) is 0 Å². The highest BCUT2D eigenvalue weighted by Gasteiger charge is 2.44. The summed E-state index contributed by atoms with van der Waals surface area (Å²) in [7, 11) is 0. The lowest BCUT2D eigenvalue weighted by molar-refractivity contribution is -0.146. The van der Waals surface area contributed by atoms with Gasteiger partial charge < -0.3 is 25.6 Å². The van der Waals surface area contributed by atoms with Crippen LogP contribution in [0, 0.1) is 5.92 Å². The molecule has 0 aliphatic carbocycles. The second kappa shape index (κ2) is 8.20. The second-order valence-electron chi connectivity index (χ2n) is 8.59. The number of para-hydroxylation sites is 1. The summed E-state index contributed by atoms with van der Waals surface area (Å²) in [4.78, 5) is 53.3. The number of fused-ring (bicyclic) bond motifs is 1. The largest absolute Gasteiger partial charge is 0.467 e. The van der Waals surface area contributed by atoms with Crippen molar-refractivity contribution in [3.63, 3.8) is 0 Å². The number of primary amides is 1. The van der Waals surface area contributed by atoms with Gasteiger partial charge in [0.05, 0.1) is 11.5 Å². The summed E-state index contributed by atoms with van der Waals surface area (Å²) in [5.41, 5.74) is 4.92. The van der Waals surface area contributed by atoms with Crippen LogP contribution in [-0.4, -0.2) is 64.8 Å². The fourth-order valence-corrected chi connectivity index (χ4v) is 4.70. The minimum Gasteiger partial charge on any atom is -0.467 e. The molecule has 31 heavy (non-hydrogen) atoms. The second-order valence-corrected chi connectivity index (χ2v) is 8.59. The number of hydrogen-bond acceptors (Lipinski definition) is 5. The number of carbonyl (C=O) groups excluding carboxylic acids is 4. The van der Waals surface area contributed by atoms with Crippen molar-refractivity contribution < 1.29 is 23.9 Å². The maximum absolute atomic E-state index is 13.1. The first-order chi connectivity index (χ1) is 14.8. The number of nitrogens with one attached hydrogen (secondary N) is 1. The number of benzene rings is 1. The molecule has 166 valence electrons. The molecule has 0 aromatic heterocycles. The quantitative estimate of drug-likeness (QED) is 0.731. The first kappa shape index (κ1) is 21.1. The molecule has 3 N–H and O–H groups in total. The summed E-state index contributed by atoms with van der Waals surface area (Å²) in [6, 6.07) is 6.36. The third-order valence-corrected chi connectivity index (χ3v) is 6.56. The summed E-state index contributed by atoms with van der Waals surface area (Å²) < 4.78 is 6.15. The number of ether oxygens (including phenoxy) is 1. The molecule has 1 spiro atoms. The molecular formula is C22H28N4O5. The molecule has 9 heteroatoms. The molecule has 9 nitrogen and oxygen atoms in total. The van der Waals surface area contributed by atoms with Gasteiger partial charge in [-0.3, -0.25) is 19.2 Å². The van der Waals surface area contributed by atoms with Crippen molar-refractivity contribution >= 4 is 23.6 Å². The molecule has 1 aromatic carbocycles. The van der Waals surface area contributed by atoms with Crippen molar-refractivity contribution in [2.24, 2.45) is 11.7 Å². The lowest BCUT2D eigenvalue weighted by Gasteiger charge is -2.39. The van der Waals surface area contributed by atoms with Crippen molar-refractivity contribution in [2.75, 3.05) is 19.6 Å². The summed E-state index contributed by atoms with van der Waals surface area (Å²) >= 11 is 0. The number of carbonyl (C=O) groups is 4. The fraction of sp³-hybridized carbons (Fsp3) is 0.545. The standard InChI is InChI=1S/C22H28N4O5/c1-14(21(30)25-11-4-5-15(13-25)19(23)28)26-12-10-22(9-8-18(26)27)24-20(29)16-6-2-3-7-17(16)31-22/h2-3,6-7,14-15H,4-5,8-13H2,1H3,(H2,23,28)(H,24,29)/t14-,15-,22-/m1/s1. The van der Waals surface area contributed by atoms with E-state index in [2.05, 4.69) is 5.32 Å². The fourth-order valence-electron chi connectivity index (χ4n) is 4.70. The number of likely N-dealkylation sites (tertiary alicyclic amines) is 2. The lowest BCUT2D eigenvalue weighted by atomic mass is 9.97. The molecular weight excluding hydrogens is 400 g/mol. The highest BCUT2D eigenvalue weighted by atomic mass is 16.5. The van der Waals surface area contributed by atoms with Crippen LogP contribution in [0.2, 0.25) is 0 Å². The highest BCUT2D eigenvalue weighted by molar-refractivity contribution is 5.98. The molecule has 3 aliphatic heterocycles. The van der Waals surface area contributed by atoms with E-state index in [1.165, 1.54) is 0 Å². The van der Waals surface area contributed by atoms with E-state index in [0.717, 1.165) is 0 Å². The van der Waals surface area contributed by atoms with E-state index in [1.807, 2.05) is 0 Å². The predicted molar refractivity (Wildman–Crippen MR) is 111 cm³/mol. The molecule has 0 unspecified atom stereocenters. The molecule has 2 saturated heterocycles.